The molecule has 4 aromatic heterocycles. The molecule has 2 aliphatic carbocycles. The fourth-order valence-electron chi connectivity index (χ4n) is 6.84. The van der Waals surface area contributed by atoms with E-state index in [9.17, 15) is 10.2 Å². The first kappa shape index (κ1) is 43.1. The summed E-state index contributed by atoms with van der Waals surface area (Å²) in [7, 11) is 0. The monoisotopic (exact) mass is 910 g/mol. The highest BCUT2D eigenvalue weighted by molar-refractivity contribution is 6.68. The Morgan fingerprint density at radius 3 is 1.56 bits per heavy atom. The van der Waals surface area contributed by atoms with Gasteiger partial charge in [0.1, 0.15) is 42.7 Å². The van der Waals surface area contributed by atoms with E-state index in [0.29, 0.717) is 46.8 Å². The van der Waals surface area contributed by atoms with Gasteiger partial charge in [-0.3, -0.25) is 0 Å². The molecule has 3 N–H and O–H groups in total. The van der Waals surface area contributed by atoms with Gasteiger partial charge < -0.3 is 39.0 Å². The van der Waals surface area contributed by atoms with Gasteiger partial charge in [-0.15, -0.1) is 10.2 Å². The van der Waals surface area contributed by atoms with E-state index in [1.54, 1.807) is 23.2 Å². The second-order valence-electron chi connectivity index (χ2n) is 14.1. The van der Waals surface area contributed by atoms with Crippen LogP contribution in [0.5, 0.6) is 5.88 Å². The molecule has 0 spiro atoms. The second kappa shape index (κ2) is 15.9. The van der Waals surface area contributed by atoms with Crippen LogP contribution >= 0.6 is 81.2 Å². The summed E-state index contributed by atoms with van der Waals surface area (Å²) in [5.41, 5.74) is 1.78. The summed E-state index contributed by atoms with van der Waals surface area (Å²) < 4.78 is 29.2. The Morgan fingerprint density at radius 1 is 0.691 bits per heavy atom. The molecule has 0 aromatic carbocycles. The molecule has 0 unspecified atom stereocenters. The number of aliphatic hydroxyl groups excluding tert-OH is 3. The first-order valence-corrected chi connectivity index (χ1v) is 19.4. The lowest BCUT2D eigenvalue weighted by Crippen LogP contribution is -2.29. The topological polar surface area (TPSA) is 220 Å². The zero-order valence-electron chi connectivity index (χ0n) is 29.9. The predicted molar refractivity (Wildman–Crippen MR) is 201 cm³/mol. The third kappa shape index (κ3) is 9.70. The second-order valence-corrected chi connectivity index (χ2v) is 19.5. The van der Waals surface area contributed by atoms with E-state index in [0.717, 1.165) is 0 Å². The average Bonchev–Trinajstić information content (AvgIpc) is 3.90. The Labute approximate surface area is 348 Å². The van der Waals surface area contributed by atoms with Gasteiger partial charge in [0.15, 0.2) is 39.1 Å². The van der Waals surface area contributed by atoms with Crippen molar-refractivity contribution in [1.82, 2.24) is 49.9 Å². The van der Waals surface area contributed by atoms with Crippen LogP contribution in [0, 0.1) is 13.8 Å². The number of aryl methyl sites for hydroxylation is 2. The number of fused-ring (bicyclic) bond motifs is 4. The molecule has 8 rings (SSSR count). The number of nitrogens with zero attached hydrogens (tertiary/aromatic N) is 10. The zero-order chi connectivity index (χ0) is 40.4. The van der Waals surface area contributed by atoms with Gasteiger partial charge in [-0.05, 0) is 41.5 Å². The van der Waals surface area contributed by atoms with E-state index in [1.165, 1.54) is 0 Å². The quantitative estimate of drug-likeness (QED) is 0.190. The number of ether oxygens (including phenoxy) is 5. The van der Waals surface area contributed by atoms with Crippen molar-refractivity contribution < 1.29 is 39.0 Å². The van der Waals surface area contributed by atoms with E-state index in [2.05, 4.69) is 40.6 Å². The Hall–Kier alpha value is -1.49. The fraction of sp³-hybridized carbons (Fsp3) is 0.733. The number of aliphatic hydroxyl groups is 3. The van der Waals surface area contributed by atoms with E-state index in [1.807, 2.05) is 27.7 Å². The van der Waals surface area contributed by atoms with Crippen LogP contribution in [0.15, 0.2) is 0 Å². The van der Waals surface area contributed by atoms with E-state index in [-0.39, 0.29) is 48.0 Å². The molecule has 18 nitrogen and oxygen atoms in total. The summed E-state index contributed by atoms with van der Waals surface area (Å²) in [4.78, 5) is 17.1. The summed E-state index contributed by atoms with van der Waals surface area (Å²) in [6.45, 7) is 10.1. The van der Waals surface area contributed by atoms with Crippen molar-refractivity contribution in [3.8, 4) is 5.88 Å². The number of rotatable bonds is 4. The summed E-state index contributed by atoms with van der Waals surface area (Å²) in [6.07, 6.45) is -1.92. The van der Waals surface area contributed by atoms with Crippen molar-refractivity contribution in [1.29, 1.82) is 0 Å². The van der Waals surface area contributed by atoms with Crippen LogP contribution in [0.3, 0.4) is 0 Å². The van der Waals surface area contributed by atoms with Crippen molar-refractivity contribution in [3.05, 3.63) is 16.8 Å². The lowest BCUT2D eigenvalue weighted by molar-refractivity contribution is -0.166. The molecule has 55 heavy (non-hydrogen) atoms. The highest BCUT2D eigenvalue weighted by atomic mass is 35.6. The van der Waals surface area contributed by atoms with Gasteiger partial charge in [0.25, 0.3) is 0 Å². The van der Waals surface area contributed by atoms with Gasteiger partial charge >= 0.3 is 0 Å². The number of hydrogen-bond acceptors (Lipinski definition) is 16. The minimum Gasteiger partial charge on any atom is -0.471 e. The molecule has 0 bridgehead atoms. The maximum Gasteiger partial charge on any atom is 0.247 e. The van der Waals surface area contributed by atoms with Crippen molar-refractivity contribution >= 4 is 104 Å². The Bertz CT molecular complexity index is 2010. The molecule has 2 saturated heterocycles. The van der Waals surface area contributed by atoms with E-state index < -0.39 is 44.1 Å². The molecule has 304 valence electrons. The van der Waals surface area contributed by atoms with E-state index >= 15 is 0 Å². The number of hydrogen-bond donors (Lipinski definition) is 3. The molecule has 0 radical (unpaired) electrons. The summed E-state index contributed by atoms with van der Waals surface area (Å²) >= 11 is 38.3. The lowest BCUT2D eigenvalue weighted by atomic mass is 10.2. The van der Waals surface area contributed by atoms with Crippen LogP contribution in [0.1, 0.15) is 64.3 Å². The molecule has 25 heteroatoms. The highest BCUT2D eigenvalue weighted by Gasteiger charge is 2.56. The third-order valence-corrected chi connectivity index (χ3v) is 9.74. The van der Waals surface area contributed by atoms with Crippen molar-refractivity contribution in [3.63, 3.8) is 0 Å². The van der Waals surface area contributed by atoms with Gasteiger partial charge in [-0.2, -0.15) is 4.98 Å². The Kier molecular flexibility index (Phi) is 12.5. The van der Waals surface area contributed by atoms with Gasteiger partial charge in [0, 0.05) is 12.8 Å². The molecular formula is C30H37Cl7N10O8. The van der Waals surface area contributed by atoms with Crippen molar-refractivity contribution in [2.24, 2.45) is 0 Å². The van der Waals surface area contributed by atoms with Gasteiger partial charge in [-0.25, -0.2) is 24.3 Å². The molecule has 4 aliphatic rings. The van der Waals surface area contributed by atoms with Crippen LogP contribution in [-0.4, -0.2) is 134 Å². The van der Waals surface area contributed by atoms with Crippen LogP contribution in [0.25, 0.3) is 22.3 Å². The fourth-order valence-corrected chi connectivity index (χ4v) is 7.25. The van der Waals surface area contributed by atoms with Crippen LogP contribution < -0.4 is 4.74 Å². The van der Waals surface area contributed by atoms with Gasteiger partial charge in [0.2, 0.25) is 13.5 Å². The minimum atomic E-state index is -1.59. The molecule has 4 aromatic rings. The first-order valence-electron chi connectivity index (χ1n) is 16.7. The standard InChI is InChI=1S/C15H18Cl3N5O4.C13H16ClN5O3.C2H3Cl3O/c1-6-19-12-9(13(20-6)25-5-15(16,17)18)21-22-23(12)7-4-8(24)11-10(7)26-14(2,3)27-11;1-5-15-11(14)8-12(16-5)19(18-17-8)6-4-7(20)10-9(6)21-13(2,3)22-10;3-2(4,5)1-6/h7-8,10-11,24H,4-5H2,1-3H3;6-7,9-10,20H,4H2,1-3H3;6H,1H2/t7-,8+,10+,11-;6-,7+,9+,10-;/m11./s1. The SMILES string of the molecule is Cc1nc(Cl)c2nnn([C@@H]3C[C@H](O)[C@H]4OC(C)(C)O[C@H]43)c2n1.Cc1nc(OCC(Cl)(Cl)Cl)c2nnn([C@@H]3C[C@H](O)[C@H]4OC(C)(C)O[C@H]43)c2n1.OCC(Cl)(Cl)Cl. The van der Waals surface area contributed by atoms with Crippen LogP contribution in [0.2, 0.25) is 5.15 Å². The van der Waals surface area contributed by atoms with Crippen molar-refractivity contribution in [2.45, 2.75) is 122 Å². The Balaban J connectivity index is 0.000000166. The minimum absolute atomic E-state index is 0.175. The Morgan fingerprint density at radius 2 is 1.11 bits per heavy atom. The molecule has 6 heterocycles. The molecule has 2 aliphatic heterocycles. The van der Waals surface area contributed by atoms with Crippen molar-refractivity contribution in [2.75, 3.05) is 13.2 Å². The molecule has 2 saturated carbocycles. The van der Waals surface area contributed by atoms with E-state index in [4.69, 9.17) is 110 Å². The predicted octanol–water partition coefficient (Wildman–Crippen LogP) is 4.46. The van der Waals surface area contributed by atoms with Crippen LogP contribution in [0.4, 0.5) is 0 Å². The molecule has 4 fully saturated rings. The van der Waals surface area contributed by atoms with Crippen LogP contribution in [-0.2, 0) is 18.9 Å². The maximum atomic E-state index is 10.4. The zero-order valence-corrected chi connectivity index (χ0v) is 35.2. The molecule has 0 amide bonds. The largest absolute Gasteiger partial charge is 0.471 e. The van der Waals surface area contributed by atoms with Gasteiger partial charge in [-0.1, -0.05) is 91.6 Å². The normalized spacial score (nSPS) is 29.5. The first-order chi connectivity index (χ1) is 25.5. The lowest BCUT2D eigenvalue weighted by Gasteiger charge is -2.22. The summed E-state index contributed by atoms with van der Waals surface area (Å²) in [5.74, 6) is -0.346. The summed E-state index contributed by atoms with van der Waals surface area (Å²) in [6, 6.07) is -0.510. The number of halogens is 7. The number of aromatic nitrogens is 10. The third-order valence-electron chi connectivity index (χ3n) is 8.79. The number of alkyl halides is 6. The summed E-state index contributed by atoms with van der Waals surface area (Å²) in [5, 5.41) is 45.5. The average molecular weight is 914 g/mol. The smallest absolute Gasteiger partial charge is 0.247 e. The maximum absolute atomic E-state index is 10.4. The highest BCUT2D eigenvalue weighted by Crippen LogP contribution is 2.46. The van der Waals surface area contributed by atoms with Gasteiger partial charge in [0.05, 0.1) is 30.9 Å². The molecular weight excluding hydrogens is 877 g/mol. The molecule has 8 atom stereocenters.